The second kappa shape index (κ2) is 5.64. The SMILES string of the molecule is CC(C)(O)NC(=O)c1ccc2c(c1)CC[C@]1(CCCNC1=O)C2. The number of hydrogen-bond acceptors (Lipinski definition) is 3. The van der Waals surface area contributed by atoms with Gasteiger partial charge in [0, 0.05) is 12.1 Å². The Morgan fingerprint density at radius 3 is 2.78 bits per heavy atom. The zero-order valence-corrected chi connectivity index (χ0v) is 13.7. The quantitative estimate of drug-likeness (QED) is 0.724. The Morgan fingerprint density at radius 2 is 2.09 bits per heavy atom. The van der Waals surface area contributed by atoms with Crippen LogP contribution < -0.4 is 10.6 Å². The maximum atomic E-state index is 12.3. The van der Waals surface area contributed by atoms with Gasteiger partial charge in [-0.25, -0.2) is 0 Å². The van der Waals surface area contributed by atoms with Crippen LogP contribution in [0, 0.1) is 5.41 Å². The Labute approximate surface area is 136 Å². The second-order valence-corrected chi connectivity index (χ2v) is 7.31. The normalized spacial score (nSPS) is 24.0. The molecule has 23 heavy (non-hydrogen) atoms. The molecule has 0 unspecified atom stereocenters. The lowest BCUT2D eigenvalue weighted by atomic mass is 9.67. The third-order valence-corrected chi connectivity index (χ3v) is 4.89. The van der Waals surface area contributed by atoms with Gasteiger partial charge in [0.1, 0.15) is 5.72 Å². The molecule has 3 N–H and O–H groups in total. The third kappa shape index (κ3) is 3.24. The molecule has 1 spiro atoms. The largest absolute Gasteiger partial charge is 0.372 e. The van der Waals surface area contributed by atoms with E-state index in [1.165, 1.54) is 13.8 Å². The van der Waals surface area contributed by atoms with Crippen LogP contribution in [0.3, 0.4) is 0 Å². The Balaban J connectivity index is 1.81. The minimum absolute atomic E-state index is 0.179. The number of piperidine rings is 1. The van der Waals surface area contributed by atoms with Gasteiger partial charge in [-0.2, -0.15) is 0 Å². The van der Waals surface area contributed by atoms with Gasteiger partial charge in [-0.3, -0.25) is 9.59 Å². The summed E-state index contributed by atoms with van der Waals surface area (Å²) in [7, 11) is 0. The van der Waals surface area contributed by atoms with E-state index in [0.29, 0.717) is 5.56 Å². The summed E-state index contributed by atoms with van der Waals surface area (Å²) in [6.45, 7) is 3.85. The van der Waals surface area contributed by atoms with Crippen molar-refractivity contribution in [2.75, 3.05) is 6.54 Å². The maximum absolute atomic E-state index is 12.3. The van der Waals surface area contributed by atoms with Gasteiger partial charge in [0.2, 0.25) is 5.91 Å². The van der Waals surface area contributed by atoms with Crippen molar-refractivity contribution in [3.05, 3.63) is 34.9 Å². The number of hydrogen-bond donors (Lipinski definition) is 3. The predicted molar refractivity (Wildman–Crippen MR) is 86.9 cm³/mol. The highest BCUT2D eigenvalue weighted by atomic mass is 16.3. The van der Waals surface area contributed by atoms with Gasteiger partial charge < -0.3 is 15.7 Å². The van der Waals surface area contributed by atoms with Crippen molar-refractivity contribution >= 4 is 11.8 Å². The summed E-state index contributed by atoms with van der Waals surface area (Å²) in [6.07, 6.45) is 4.38. The van der Waals surface area contributed by atoms with Crippen LogP contribution in [0.2, 0.25) is 0 Å². The lowest BCUT2D eigenvalue weighted by Crippen LogP contribution is -2.48. The number of carbonyl (C=O) groups excluding carboxylic acids is 2. The van der Waals surface area contributed by atoms with E-state index in [0.717, 1.165) is 49.8 Å². The summed E-state index contributed by atoms with van der Waals surface area (Å²) in [5.41, 5.74) is 1.35. The van der Waals surface area contributed by atoms with Gasteiger partial charge in [-0.1, -0.05) is 6.07 Å². The first kappa shape index (κ1) is 16.0. The number of aliphatic hydroxyl groups is 1. The van der Waals surface area contributed by atoms with Gasteiger partial charge in [-0.05, 0) is 69.2 Å². The highest BCUT2D eigenvalue weighted by Gasteiger charge is 2.42. The van der Waals surface area contributed by atoms with Crippen molar-refractivity contribution < 1.29 is 14.7 Å². The lowest BCUT2D eigenvalue weighted by Gasteiger charge is -2.40. The van der Waals surface area contributed by atoms with Crippen molar-refractivity contribution in [1.29, 1.82) is 0 Å². The van der Waals surface area contributed by atoms with Crippen LogP contribution >= 0.6 is 0 Å². The Morgan fingerprint density at radius 1 is 1.30 bits per heavy atom. The summed E-state index contributed by atoms with van der Waals surface area (Å²) in [5, 5.41) is 15.3. The molecule has 1 aliphatic carbocycles. The second-order valence-electron chi connectivity index (χ2n) is 7.31. The molecule has 0 radical (unpaired) electrons. The highest BCUT2D eigenvalue weighted by Crippen LogP contribution is 2.41. The van der Waals surface area contributed by atoms with E-state index in [1.54, 1.807) is 6.07 Å². The number of carbonyl (C=O) groups is 2. The van der Waals surface area contributed by atoms with Crippen LogP contribution in [-0.2, 0) is 17.6 Å². The molecular weight excluding hydrogens is 292 g/mol. The molecule has 5 nitrogen and oxygen atoms in total. The van der Waals surface area contributed by atoms with E-state index in [1.807, 2.05) is 12.1 Å². The van der Waals surface area contributed by atoms with Crippen molar-refractivity contribution in [3.63, 3.8) is 0 Å². The monoisotopic (exact) mass is 316 g/mol. The van der Waals surface area contributed by atoms with Gasteiger partial charge in [0.25, 0.3) is 5.91 Å². The topological polar surface area (TPSA) is 78.4 Å². The number of fused-ring (bicyclic) bond motifs is 1. The molecule has 5 heteroatoms. The highest BCUT2D eigenvalue weighted by molar-refractivity contribution is 5.95. The molecule has 1 saturated heterocycles. The molecule has 0 saturated carbocycles. The summed E-state index contributed by atoms with van der Waals surface area (Å²) in [6, 6.07) is 5.63. The fourth-order valence-electron chi connectivity index (χ4n) is 3.69. The van der Waals surface area contributed by atoms with E-state index in [9.17, 15) is 14.7 Å². The number of aryl methyl sites for hydroxylation is 1. The molecule has 1 fully saturated rings. The van der Waals surface area contributed by atoms with E-state index in [2.05, 4.69) is 10.6 Å². The van der Waals surface area contributed by atoms with Gasteiger partial charge >= 0.3 is 0 Å². The molecule has 1 atom stereocenters. The molecule has 1 heterocycles. The summed E-state index contributed by atoms with van der Waals surface area (Å²) in [4.78, 5) is 24.5. The third-order valence-electron chi connectivity index (χ3n) is 4.89. The first-order chi connectivity index (χ1) is 10.8. The molecule has 2 aliphatic rings. The van der Waals surface area contributed by atoms with Crippen molar-refractivity contribution in [3.8, 4) is 0 Å². The van der Waals surface area contributed by atoms with Gasteiger partial charge in [0.15, 0.2) is 0 Å². The fraction of sp³-hybridized carbons (Fsp3) is 0.556. The molecule has 1 aromatic carbocycles. The van der Waals surface area contributed by atoms with Crippen LogP contribution in [0.1, 0.15) is 54.6 Å². The maximum Gasteiger partial charge on any atom is 0.253 e. The molecule has 0 aromatic heterocycles. The predicted octanol–water partition coefficient (Wildman–Crippen LogP) is 1.53. The molecule has 0 bridgehead atoms. The van der Waals surface area contributed by atoms with E-state index >= 15 is 0 Å². The molecule has 1 aliphatic heterocycles. The minimum Gasteiger partial charge on any atom is -0.372 e. The average molecular weight is 316 g/mol. The van der Waals surface area contributed by atoms with Crippen LogP contribution in [0.4, 0.5) is 0 Å². The van der Waals surface area contributed by atoms with E-state index in [4.69, 9.17) is 0 Å². The first-order valence-electron chi connectivity index (χ1n) is 8.24. The Hall–Kier alpha value is -1.88. The molecule has 3 rings (SSSR count). The van der Waals surface area contributed by atoms with E-state index < -0.39 is 5.72 Å². The molecule has 1 aromatic rings. The summed E-state index contributed by atoms with van der Waals surface area (Å²) < 4.78 is 0. The Bertz CT molecular complexity index is 648. The number of benzene rings is 1. The van der Waals surface area contributed by atoms with Crippen molar-refractivity contribution in [2.24, 2.45) is 5.41 Å². The van der Waals surface area contributed by atoms with Crippen LogP contribution in [0.5, 0.6) is 0 Å². The summed E-state index contributed by atoms with van der Waals surface area (Å²) >= 11 is 0. The molecule has 124 valence electrons. The van der Waals surface area contributed by atoms with Crippen molar-refractivity contribution in [2.45, 2.75) is 51.7 Å². The fourth-order valence-corrected chi connectivity index (χ4v) is 3.69. The van der Waals surface area contributed by atoms with Crippen LogP contribution in [-0.4, -0.2) is 29.2 Å². The number of amides is 2. The lowest BCUT2D eigenvalue weighted by molar-refractivity contribution is -0.134. The minimum atomic E-state index is -1.24. The Kier molecular flexibility index (Phi) is 3.92. The average Bonchev–Trinajstić information content (AvgIpc) is 2.48. The van der Waals surface area contributed by atoms with Crippen LogP contribution in [0.25, 0.3) is 0 Å². The smallest absolute Gasteiger partial charge is 0.253 e. The number of rotatable bonds is 2. The first-order valence-corrected chi connectivity index (χ1v) is 8.24. The van der Waals surface area contributed by atoms with Crippen molar-refractivity contribution in [1.82, 2.24) is 10.6 Å². The zero-order chi connectivity index (χ0) is 16.7. The zero-order valence-electron chi connectivity index (χ0n) is 13.7. The summed E-state index contributed by atoms with van der Waals surface area (Å²) in [5.74, 6) is -0.103. The standard InChI is InChI=1S/C18H24N2O3/c1-17(2,23)20-15(21)13-4-5-14-11-18(8-6-12(14)10-13)7-3-9-19-16(18)22/h4-5,10,23H,3,6-9,11H2,1-2H3,(H,19,22)(H,20,21)/t18-/m1/s1. The molecular formula is C18H24N2O3. The number of nitrogens with one attached hydrogen (secondary N) is 2. The van der Waals surface area contributed by atoms with Gasteiger partial charge in [-0.15, -0.1) is 0 Å². The van der Waals surface area contributed by atoms with E-state index in [-0.39, 0.29) is 17.2 Å². The van der Waals surface area contributed by atoms with Gasteiger partial charge in [0.05, 0.1) is 5.41 Å². The van der Waals surface area contributed by atoms with Crippen LogP contribution in [0.15, 0.2) is 18.2 Å². The molecule has 2 amide bonds.